The summed E-state index contributed by atoms with van der Waals surface area (Å²) in [7, 11) is 2.04. The molecule has 9 nitrogen and oxygen atoms in total. The van der Waals surface area contributed by atoms with E-state index in [1.54, 1.807) is 18.5 Å². The van der Waals surface area contributed by atoms with Crippen molar-refractivity contribution in [3.8, 4) is 28.1 Å². The van der Waals surface area contributed by atoms with Gasteiger partial charge in [-0.15, -0.1) is 10.2 Å². The minimum Gasteiger partial charge on any atom is -0.507 e. The monoisotopic (exact) mass is 447 g/mol. The van der Waals surface area contributed by atoms with Crippen molar-refractivity contribution < 1.29 is 9.90 Å². The van der Waals surface area contributed by atoms with E-state index in [0.717, 1.165) is 42.6 Å². The van der Waals surface area contributed by atoms with E-state index in [2.05, 4.69) is 30.2 Å². The lowest BCUT2D eigenvalue weighted by atomic mass is 9.95. The van der Waals surface area contributed by atoms with Gasteiger partial charge in [-0.25, -0.2) is 0 Å². The van der Waals surface area contributed by atoms with E-state index < -0.39 is 0 Å². The van der Waals surface area contributed by atoms with Crippen molar-refractivity contribution in [3.63, 3.8) is 0 Å². The van der Waals surface area contributed by atoms with E-state index in [4.69, 9.17) is 5.73 Å². The number of phenols is 1. The van der Waals surface area contributed by atoms with Crippen LogP contribution in [0.4, 0.5) is 5.82 Å². The summed E-state index contributed by atoms with van der Waals surface area (Å²) in [5.41, 5.74) is 8.63. The van der Waals surface area contributed by atoms with E-state index in [0.29, 0.717) is 30.3 Å². The molecule has 1 amide bonds. The topological polar surface area (TPSA) is 124 Å². The molecule has 2 saturated heterocycles. The molecule has 9 heteroatoms. The molecular weight excluding hydrogens is 418 g/mol. The van der Waals surface area contributed by atoms with Crippen LogP contribution in [0.25, 0.3) is 22.4 Å². The van der Waals surface area contributed by atoms with Crippen molar-refractivity contribution in [2.45, 2.75) is 50.2 Å². The molecule has 0 spiro atoms. The van der Waals surface area contributed by atoms with Crippen LogP contribution in [0.1, 0.15) is 32.1 Å². The van der Waals surface area contributed by atoms with Gasteiger partial charge in [-0.1, -0.05) is 6.07 Å². The predicted octanol–water partition coefficient (Wildman–Crippen LogP) is 2.55. The highest BCUT2D eigenvalue weighted by Gasteiger charge is 2.44. The molecule has 2 aliphatic rings. The van der Waals surface area contributed by atoms with Gasteiger partial charge in [0.25, 0.3) is 0 Å². The number of piperidine rings is 1. The molecule has 0 radical (unpaired) electrons. The van der Waals surface area contributed by atoms with Gasteiger partial charge in [0.2, 0.25) is 5.91 Å². The minimum absolute atomic E-state index is 0.148. The van der Waals surface area contributed by atoms with Crippen LogP contribution < -0.4 is 10.6 Å². The number of aromatic hydroxyl groups is 1. The Hall–Kier alpha value is -3.46. The zero-order valence-electron chi connectivity index (χ0n) is 18.7. The first-order valence-electron chi connectivity index (χ1n) is 11.5. The largest absolute Gasteiger partial charge is 0.507 e. The van der Waals surface area contributed by atoms with E-state index in [1.807, 2.05) is 31.3 Å². The van der Waals surface area contributed by atoms with Gasteiger partial charge in [0, 0.05) is 55.5 Å². The Morgan fingerprint density at radius 2 is 1.97 bits per heavy atom. The number of anilines is 1. The molecule has 2 aromatic heterocycles. The van der Waals surface area contributed by atoms with Crippen molar-refractivity contribution in [1.82, 2.24) is 25.3 Å². The number of phenolic OH excluding ortho intramolecular Hbond substituents is 1. The second-order valence-electron chi connectivity index (χ2n) is 8.96. The standard InChI is InChI=1S/C24H29N7O2/c1-30(19-11-17-3-4-18(12-19)31(17)24(33)8-9-25)23-7-6-21(28-29-23)20-5-2-15(10-22(20)32)16-13-26-27-14-16/h2,5-7,10,13-14,17-19,32H,3-4,8-9,11-12,25H2,1H3,(H,26,27)/t17-,18+,19-. The second-order valence-corrected chi connectivity index (χ2v) is 8.96. The maximum atomic E-state index is 12.5. The molecule has 172 valence electrons. The Labute approximate surface area is 192 Å². The third-order valence-electron chi connectivity index (χ3n) is 7.02. The number of amides is 1. The van der Waals surface area contributed by atoms with E-state index >= 15 is 0 Å². The Morgan fingerprint density at radius 1 is 1.18 bits per heavy atom. The summed E-state index contributed by atoms with van der Waals surface area (Å²) in [5, 5.41) is 26.1. The van der Waals surface area contributed by atoms with Crippen LogP contribution in [0.5, 0.6) is 5.75 Å². The van der Waals surface area contributed by atoms with Crippen molar-refractivity contribution >= 4 is 11.7 Å². The van der Waals surface area contributed by atoms with E-state index in [9.17, 15) is 9.90 Å². The van der Waals surface area contributed by atoms with Crippen LogP contribution in [0.3, 0.4) is 0 Å². The smallest absolute Gasteiger partial charge is 0.224 e. The SMILES string of the molecule is CN(c1ccc(-c2ccc(-c3cn[nH]c3)cc2O)nn1)[C@@H]1C[C@H]2CC[C@@H](C1)N2C(=O)CCN. The van der Waals surface area contributed by atoms with Gasteiger partial charge in [0.1, 0.15) is 5.75 Å². The molecule has 0 unspecified atom stereocenters. The molecule has 0 aliphatic carbocycles. The molecule has 2 bridgehead atoms. The van der Waals surface area contributed by atoms with Crippen LogP contribution >= 0.6 is 0 Å². The number of carbonyl (C=O) groups excluding carboxylic acids is 1. The second kappa shape index (κ2) is 8.82. The molecule has 3 aromatic rings. The number of hydrogen-bond acceptors (Lipinski definition) is 7. The zero-order chi connectivity index (χ0) is 22.9. The molecule has 4 heterocycles. The number of hydrogen-bond donors (Lipinski definition) is 3. The number of rotatable bonds is 6. The summed E-state index contributed by atoms with van der Waals surface area (Å²) >= 11 is 0. The average Bonchev–Trinajstić information content (AvgIpc) is 3.45. The lowest BCUT2D eigenvalue weighted by Gasteiger charge is -2.42. The van der Waals surface area contributed by atoms with Crippen LogP contribution in [0, 0.1) is 0 Å². The summed E-state index contributed by atoms with van der Waals surface area (Å²) < 4.78 is 0. The highest BCUT2D eigenvalue weighted by Crippen LogP contribution is 2.39. The first kappa shape index (κ1) is 21.4. The minimum atomic E-state index is 0.148. The first-order chi connectivity index (χ1) is 16.0. The van der Waals surface area contributed by atoms with E-state index in [1.165, 1.54) is 0 Å². The Morgan fingerprint density at radius 3 is 2.58 bits per heavy atom. The average molecular weight is 448 g/mol. The summed E-state index contributed by atoms with van der Waals surface area (Å²) in [4.78, 5) is 16.7. The third-order valence-corrected chi connectivity index (χ3v) is 7.02. The molecule has 0 saturated carbocycles. The molecule has 33 heavy (non-hydrogen) atoms. The van der Waals surface area contributed by atoms with Crippen molar-refractivity contribution in [2.24, 2.45) is 5.73 Å². The highest BCUT2D eigenvalue weighted by molar-refractivity contribution is 5.77. The number of nitrogens with two attached hydrogens (primary N) is 1. The third kappa shape index (κ3) is 4.04. The number of carbonyl (C=O) groups is 1. The number of benzene rings is 1. The number of fused-ring (bicyclic) bond motifs is 2. The lowest BCUT2D eigenvalue weighted by molar-refractivity contribution is -0.135. The van der Waals surface area contributed by atoms with Gasteiger partial charge < -0.3 is 20.6 Å². The number of aromatic nitrogens is 4. The van der Waals surface area contributed by atoms with Gasteiger partial charge in [-0.05, 0) is 55.5 Å². The fourth-order valence-electron chi connectivity index (χ4n) is 5.30. The zero-order valence-corrected chi connectivity index (χ0v) is 18.7. The normalized spacial score (nSPS) is 21.9. The number of nitrogens with zero attached hydrogens (tertiary/aromatic N) is 5. The molecule has 2 aliphatic heterocycles. The maximum Gasteiger partial charge on any atom is 0.224 e. The number of aromatic amines is 1. The van der Waals surface area contributed by atoms with Gasteiger partial charge in [0.15, 0.2) is 5.82 Å². The molecular formula is C24H29N7O2. The fraction of sp³-hybridized carbons (Fsp3) is 0.417. The lowest BCUT2D eigenvalue weighted by Crippen LogP contribution is -2.52. The summed E-state index contributed by atoms with van der Waals surface area (Å²) in [6, 6.07) is 10.2. The summed E-state index contributed by atoms with van der Waals surface area (Å²) in [6.45, 7) is 0.404. The van der Waals surface area contributed by atoms with Crippen LogP contribution in [0.2, 0.25) is 0 Å². The molecule has 5 rings (SSSR count). The molecule has 1 aromatic carbocycles. The van der Waals surface area contributed by atoms with Gasteiger partial charge in [-0.3, -0.25) is 9.89 Å². The Balaban J connectivity index is 1.29. The Bertz CT molecular complexity index is 1100. The number of H-pyrrole nitrogens is 1. The van der Waals surface area contributed by atoms with Crippen molar-refractivity contribution in [2.75, 3.05) is 18.5 Å². The fourth-order valence-corrected chi connectivity index (χ4v) is 5.30. The highest BCUT2D eigenvalue weighted by atomic mass is 16.3. The molecule has 3 atom stereocenters. The van der Waals surface area contributed by atoms with Gasteiger partial charge in [0.05, 0.1) is 11.9 Å². The van der Waals surface area contributed by atoms with Crippen molar-refractivity contribution in [3.05, 3.63) is 42.7 Å². The predicted molar refractivity (Wildman–Crippen MR) is 125 cm³/mol. The quantitative estimate of drug-likeness (QED) is 0.530. The van der Waals surface area contributed by atoms with Crippen LogP contribution in [0.15, 0.2) is 42.7 Å². The Kier molecular flexibility index (Phi) is 5.72. The van der Waals surface area contributed by atoms with Gasteiger partial charge >= 0.3 is 0 Å². The van der Waals surface area contributed by atoms with Crippen LogP contribution in [-0.2, 0) is 4.79 Å². The van der Waals surface area contributed by atoms with Crippen LogP contribution in [-0.4, -0.2) is 68.0 Å². The van der Waals surface area contributed by atoms with Crippen molar-refractivity contribution in [1.29, 1.82) is 0 Å². The van der Waals surface area contributed by atoms with Gasteiger partial charge in [-0.2, -0.15) is 5.10 Å². The number of nitrogens with one attached hydrogen (secondary N) is 1. The summed E-state index contributed by atoms with van der Waals surface area (Å²) in [6.07, 6.45) is 7.91. The molecule has 4 N–H and O–H groups in total. The van der Waals surface area contributed by atoms with E-state index in [-0.39, 0.29) is 23.7 Å². The first-order valence-corrected chi connectivity index (χ1v) is 11.5. The summed E-state index contributed by atoms with van der Waals surface area (Å²) in [5.74, 6) is 1.13. The maximum absolute atomic E-state index is 12.5. The molecule has 2 fully saturated rings.